The van der Waals surface area contributed by atoms with Crippen LogP contribution in [0.1, 0.15) is 43.9 Å². The van der Waals surface area contributed by atoms with Gasteiger partial charge in [-0.3, -0.25) is 4.99 Å². The van der Waals surface area contributed by atoms with E-state index >= 15 is 0 Å². The summed E-state index contributed by atoms with van der Waals surface area (Å²) < 4.78 is 45.1. The molecule has 2 saturated heterocycles. The van der Waals surface area contributed by atoms with Crippen LogP contribution in [0.5, 0.6) is 0 Å². The number of alkyl halides is 3. The minimum Gasteiger partial charge on any atom is -0.370 e. The number of morpholine rings is 1. The number of hydrogen-bond acceptors (Lipinski definition) is 3. The summed E-state index contributed by atoms with van der Waals surface area (Å²) in [4.78, 5) is 9.46. The van der Waals surface area contributed by atoms with Crippen LogP contribution in [-0.2, 0) is 10.9 Å². The van der Waals surface area contributed by atoms with Gasteiger partial charge in [-0.25, -0.2) is 0 Å². The molecular formula is C22H34F3IN4O. The second kappa shape index (κ2) is 12.2. The molecule has 2 heterocycles. The third kappa shape index (κ3) is 7.49. The Morgan fingerprint density at radius 3 is 2.74 bits per heavy atom. The summed E-state index contributed by atoms with van der Waals surface area (Å²) in [6, 6.07) is 5.44. The van der Waals surface area contributed by atoms with Gasteiger partial charge in [0.1, 0.15) is 6.10 Å². The fourth-order valence-electron chi connectivity index (χ4n) is 4.19. The van der Waals surface area contributed by atoms with Crippen molar-refractivity contribution in [1.29, 1.82) is 0 Å². The van der Waals surface area contributed by atoms with Crippen LogP contribution in [0.2, 0.25) is 0 Å². The number of likely N-dealkylation sites (tertiary alicyclic amines) is 1. The Hall–Kier alpha value is -1.07. The fraction of sp³-hybridized carbons (Fsp3) is 0.682. The Morgan fingerprint density at radius 2 is 2.03 bits per heavy atom. The van der Waals surface area contributed by atoms with Crippen molar-refractivity contribution >= 4 is 29.9 Å². The molecule has 2 atom stereocenters. The first-order valence-electron chi connectivity index (χ1n) is 10.9. The second-order valence-corrected chi connectivity index (χ2v) is 8.02. The highest BCUT2D eigenvalue weighted by atomic mass is 127. The number of benzene rings is 1. The molecule has 0 bridgehead atoms. The molecule has 2 aliphatic rings. The van der Waals surface area contributed by atoms with Crippen LogP contribution in [-0.4, -0.2) is 68.2 Å². The van der Waals surface area contributed by atoms with E-state index < -0.39 is 17.8 Å². The predicted octanol–water partition coefficient (Wildman–Crippen LogP) is 4.39. The largest absolute Gasteiger partial charge is 0.416 e. The van der Waals surface area contributed by atoms with E-state index in [-0.39, 0.29) is 24.0 Å². The SMILES string of the molecule is CCNC(=NCC1CCCN(CC)C1)N1CCOC(c2cccc(C(F)(F)F)c2)C1.I. The minimum atomic E-state index is -4.35. The van der Waals surface area contributed by atoms with Crippen molar-refractivity contribution in [2.45, 2.75) is 39.0 Å². The summed E-state index contributed by atoms with van der Waals surface area (Å²) in [6.45, 7) is 10.7. The van der Waals surface area contributed by atoms with Crippen LogP contribution in [0.3, 0.4) is 0 Å². The van der Waals surface area contributed by atoms with E-state index in [1.807, 2.05) is 6.92 Å². The molecule has 0 radical (unpaired) electrons. The highest BCUT2D eigenvalue weighted by Gasteiger charge is 2.32. The Bertz CT molecular complexity index is 716. The van der Waals surface area contributed by atoms with Crippen molar-refractivity contribution in [3.63, 3.8) is 0 Å². The first kappa shape index (κ1) is 26.2. The summed E-state index contributed by atoms with van der Waals surface area (Å²) in [5, 5.41) is 3.35. The van der Waals surface area contributed by atoms with E-state index in [1.165, 1.54) is 31.5 Å². The highest BCUT2D eigenvalue weighted by molar-refractivity contribution is 14.0. The van der Waals surface area contributed by atoms with E-state index in [1.54, 1.807) is 6.07 Å². The van der Waals surface area contributed by atoms with Crippen LogP contribution >= 0.6 is 24.0 Å². The zero-order valence-electron chi connectivity index (χ0n) is 18.3. The number of hydrogen-bond donors (Lipinski definition) is 1. The van der Waals surface area contributed by atoms with Gasteiger partial charge in [0, 0.05) is 26.2 Å². The molecule has 9 heteroatoms. The molecule has 0 amide bonds. The fourth-order valence-corrected chi connectivity index (χ4v) is 4.19. The van der Waals surface area contributed by atoms with Crippen LogP contribution in [0.4, 0.5) is 13.2 Å². The summed E-state index contributed by atoms with van der Waals surface area (Å²) in [7, 11) is 0. The standard InChI is InChI=1S/C22H33F3N4O.HI/c1-3-26-21(27-14-17-7-6-10-28(4-2)15-17)29-11-12-30-20(16-29)18-8-5-9-19(13-18)22(23,24)25;/h5,8-9,13,17,20H,3-4,6-7,10-12,14-16H2,1-2H3,(H,26,27);1H. The molecule has 0 saturated carbocycles. The molecule has 31 heavy (non-hydrogen) atoms. The molecule has 0 aromatic heterocycles. The maximum Gasteiger partial charge on any atom is 0.416 e. The van der Waals surface area contributed by atoms with E-state index in [9.17, 15) is 13.2 Å². The van der Waals surface area contributed by atoms with Crippen molar-refractivity contribution in [3.05, 3.63) is 35.4 Å². The maximum atomic E-state index is 13.1. The normalized spacial score (nSPS) is 23.4. The van der Waals surface area contributed by atoms with Crippen molar-refractivity contribution in [1.82, 2.24) is 15.1 Å². The van der Waals surface area contributed by atoms with Gasteiger partial charge in [-0.1, -0.05) is 19.1 Å². The zero-order valence-corrected chi connectivity index (χ0v) is 20.7. The topological polar surface area (TPSA) is 40.1 Å². The van der Waals surface area contributed by atoms with Crippen molar-refractivity contribution in [2.24, 2.45) is 10.9 Å². The molecule has 1 aromatic carbocycles. The molecule has 1 N–H and O–H groups in total. The lowest BCUT2D eigenvalue weighted by atomic mass is 9.98. The van der Waals surface area contributed by atoms with Crippen LogP contribution < -0.4 is 5.32 Å². The minimum absolute atomic E-state index is 0. The molecule has 2 fully saturated rings. The lowest BCUT2D eigenvalue weighted by Gasteiger charge is -2.36. The van der Waals surface area contributed by atoms with Gasteiger partial charge in [-0.05, 0) is 56.5 Å². The Labute approximate surface area is 200 Å². The first-order valence-corrected chi connectivity index (χ1v) is 10.9. The molecular weight excluding hydrogens is 520 g/mol. The first-order chi connectivity index (χ1) is 14.4. The lowest BCUT2D eigenvalue weighted by Crippen LogP contribution is -2.48. The number of guanidine groups is 1. The molecule has 5 nitrogen and oxygen atoms in total. The lowest BCUT2D eigenvalue weighted by molar-refractivity contribution is -0.137. The summed E-state index contributed by atoms with van der Waals surface area (Å²) in [5.41, 5.74) is -0.0877. The predicted molar refractivity (Wildman–Crippen MR) is 128 cm³/mol. The van der Waals surface area contributed by atoms with Gasteiger partial charge in [0.05, 0.1) is 18.7 Å². The average Bonchev–Trinajstić information content (AvgIpc) is 2.76. The maximum absolute atomic E-state index is 13.1. The molecule has 176 valence electrons. The second-order valence-electron chi connectivity index (χ2n) is 8.02. The number of ether oxygens (including phenoxy) is 1. The van der Waals surface area contributed by atoms with Crippen LogP contribution in [0.15, 0.2) is 29.3 Å². The average molecular weight is 554 g/mol. The van der Waals surface area contributed by atoms with Crippen molar-refractivity contribution in [2.75, 3.05) is 52.4 Å². The number of aliphatic imine (C=N–C) groups is 1. The molecule has 2 unspecified atom stereocenters. The quantitative estimate of drug-likeness (QED) is 0.333. The Morgan fingerprint density at radius 1 is 1.23 bits per heavy atom. The molecule has 3 rings (SSSR count). The molecule has 0 spiro atoms. The molecule has 0 aliphatic carbocycles. The summed E-state index contributed by atoms with van der Waals surface area (Å²) in [6.07, 6.45) is -2.36. The third-order valence-electron chi connectivity index (χ3n) is 5.84. The third-order valence-corrected chi connectivity index (χ3v) is 5.84. The van der Waals surface area contributed by atoms with Crippen molar-refractivity contribution < 1.29 is 17.9 Å². The Balaban J connectivity index is 0.00000341. The van der Waals surface area contributed by atoms with E-state index in [0.29, 0.717) is 31.2 Å². The van der Waals surface area contributed by atoms with Crippen LogP contribution in [0.25, 0.3) is 0 Å². The monoisotopic (exact) mass is 554 g/mol. The Kier molecular flexibility index (Phi) is 10.3. The van der Waals surface area contributed by atoms with Crippen molar-refractivity contribution in [3.8, 4) is 0 Å². The smallest absolute Gasteiger partial charge is 0.370 e. The highest BCUT2D eigenvalue weighted by Crippen LogP contribution is 2.32. The van der Waals surface area contributed by atoms with Crippen LogP contribution in [0, 0.1) is 5.92 Å². The zero-order chi connectivity index (χ0) is 21.6. The molecule has 1 aromatic rings. The van der Waals surface area contributed by atoms with Gasteiger partial charge < -0.3 is 19.9 Å². The number of rotatable bonds is 5. The molecule has 2 aliphatic heterocycles. The summed E-state index contributed by atoms with van der Waals surface area (Å²) in [5.74, 6) is 1.37. The van der Waals surface area contributed by atoms with E-state index in [2.05, 4.69) is 22.0 Å². The van der Waals surface area contributed by atoms with Gasteiger partial charge in [0.25, 0.3) is 0 Å². The number of halogens is 4. The van der Waals surface area contributed by atoms with Gasteiger partial charge in [-0.15, -0.1) is 24.0 Å². The number of piperidine rings is 1. The van der Waals surface area contributed by atoms with Gasteiger partial charge in [0.2, 0.25) is 0 Å². The van der Waals surface area contributed by atoms with E-state index in [4.69, 9.17) is 9.73 Å². The van der Waals surface area contributed by atoms with E-state index in [0.717, 1.165) is 38.2 Å². The summed E-state index contributed by atoms with van der Waals surface area (Å²) >= 11 is 0. The number of nitrogens with one attached hydrogen (secondary N) is 1. The number of nitrogens with zero attached hydrogens (tertiary/aromatic N) is 3. The van der Waals surface area contributed by atoms with Gasteiger partial charge in [0.15, 0.2) is 5.96 Å². The van der Waals surface area contributed by atoms with Gasteiger partial charge in [-0.2, -0.15) is 13.2 Å². The van der Waals surface area contributed by atoms with Gasteiger partial charge >= 0.3 is 6.18 Å².